The van der Waals surface area contributed by atoms with Gasteiger partial charge >= 0.3 is 5.97 Å². The van der Waals surface area contributed by atoms with Crippen LogP contribution in [0.3, 0.4) is 0 Å². The molecular weight excluding hydrogens is 254 g/mol. The molecule has 0 fully saturated rings. The predicted molar refractivity (Wildman–Crippen MR) is 78.8 cm³/mol. The largest absolute Gasteiger partial charge is 0.456 e. The van der Waals surface area contributed by atoms with Gasteiger partial charge in [0, 0.05) is 12.3 Å². The highest BCUT2D eigenvalue weighted by atomic mass is 16.6. The number of carbonyl (C=O) groups excluding carboxylic acids is 1. The van der Waals surface area contributed by atoms with Crippen LogP contribution in [-0.2, 0) is 11.2 Å². The third kappa shape index (κ3) is 5.70. The number of esters is 1. The third-order valence-corrected chi connectivity index (χ3v) is 2.80. The molecule has 4 nitrogen and oxygen atoms in total. The first kappa shape index (κ1) is 16.6. The summed E-state index contributed by atoms with van der Waals surface area (Å²) in [6, 6.07) is 3.62. The van der Waals surface area contributed by atoms with Gasteiger partial charge < -0.3 is 9.84 Å². The van der Waals surface area contributed by atoms with Gasteiger partial charge in [-0.2, -0.15) is 0 Å². The number of pyridine rings is 1. The van der Waals surface area contributed by atoms with E-state index in [1.165, 1.54) is 0 Å². The molecule has 4 heteroatoms. The Morgan fingerprint density at radius 2 is 1.95 bits per heavy atom. The highest BCUT2D eigenvalue weighted by molar-refractivity contribution is 5.90. The molecule has 0 saturated carbocycles. The van der Waals surface area contributed by atoms with Crippen LogP contribution in [0.4, 0.5) is 0 Å². The third-order valence-electron chi connectivity index (χ3n) is 2.80. The van der Waals surface area contributed by atoms with Crippen LogP contribution in [0, 0.1) is 6.92 Å². The van der Waals surface area contributed by atoms with E-state index in [9.17, 15) is 4.79 Å². The number of aryl methyl sites for hydroxylation is 2. The van der Waals surface area contributed by atoms with E-state index in [1.54, 1.807) is 6.07 Å². The van der Waals surface area contributed by atoms with Gasteiger partial charge in [0.05, 0.1) is 11.3 Å². The van der Waals surface area contributed by atoms with Crippen molar-refractivity contribution in [1.82, 2.24) is 4.98 Å². The maximum atomic E-state index is 12.2. The van der Waals surface area contributed by atoms with E-state index < -0.39 is 5.60 Å². The van der Waals surface area contributed by atoms with Crippen molar-refractivity contribution in [2.75, 3.05) is 6.61 Å². The van der Waals surface area contributed by atoms with Crippen molar-refractivity contribution in [3.63, 3.8) is 0 Å². The van der Waals surface area contributed by atoms with E-state index in [1.807, 2.05) is 33.8 Å². The topological polar surface area (TPSA) is 59.4 Å². The van der Waals surface area contributed by atoms with Gasteiger partial charge in [-0.25, -0.2) is 4.79 Å². The Balaban J connectivity index is 2.81. The lowest BCUT2D eigenvalue weighted by Gasteiger charge is -2.20. The minimum absolute atomic E-state index is 0.209. The van der Waals surface area contributed by atoms with E-state index >= 15 is 0 Å². The molecule has 0 spiro atoms. The molecule has 0 aromatic carbocycles. The van der Waals surface area contributed by atoms with Crippen LogP contribution in [0.25, 0.3) is 0 Å². The summed E-state index contributed by atoms with van der Waals surface area (Å²) in [7, 11) is 0. The Bertz CT molecular complexity index is 450. The van der Waals surface area contributed by atoms with Gasteiger partial charge in [0.2, 0.25) is 0 Å². The zero-order chi connectivity index (χ0) is 15.2. The predicted octanol–water partition coefficient (Wildman–Crippen LogP) is 3.05. The monoisotopic (exact) mass is 279 g/mol. The summed E-state index contributed by atoms with van der Waals surface area (Å²) in [5, 5.41) is 8.79. The molecule has 0 radical (unpaired) electrons. The van der Waals surface area contributed by atoms with E-state index in [2.05, 4.69) is 4.98 Å². The lowest BCUT2D eigenvalue weighted by Crippen LogP contribution is -2.25. The van der Waals surface area contributed by atoms with Crippen molar-refractivity contribution in [2.24, 2.45) is 0 Å². The fourth-order valence-electron chi connectivity index (χ4n) is 1.90. The Kier molecular flexibility index (Phi) is 6.14. The van der Waals surface area contributed by atoms with Crippen LogP contribution in [0.15, 0.2) is 12.1 Å². The zero-order valence-electron chi connectivity index (χ0n) is 12.9. The first-order valence-electron chi connectivity index (χ1n) is 7.14. The average Bonchev–Trinajstić information content (AvgIpc) is 2.32. The normalized spacial score (nSPS) is 11.4. The number of carbonyl (C=O) groups is 1. The minimum Gasteiger partial charge on any atom is -0.456 e. The summed E-state index contributed by atoms with van der Waals surface area (Å²) in [5.74, 6) is -0.317. The maximum Gasteiger partial charge on any atom is 0.340 e. The summed E-state index contributed by atoms with van der Waals surface area (Å²) in [6.45, 7) is 7.69. The van der Waals surface area contributed by atoms with Crippen molar-refractivity contribution < 1.29 is 14.6 Å². The van der Waals surface area contributed by atoms with Crippen LogP contribution in [0.2, 0.25) is 0 Å². The molecule has 0 amide bonds. The van der Waals surface area contributed by atoms with Gasteiger partial charge in [0.1, 0.15) is 5.60 Å². The molecule has 0 atom stereocenters. The smallest absolute Gasteiger partial charge is 0.340 e. The number of unbranched alkanes of at least 4 members (excludes halogenated alkanes) is 2. The Morgan fingerprint density at radius 3 is 2.55 bits per heavy atom. The van der Waals surface area contributed by atoms with E-state index in [0.29, 0.717) is 5.56 Å². The molecule has 0 aliphatic heterocycles. The Labute approximate surface area is 121 Å². The Hall–Kier alpha value is -1.42. The van der Waals surface area contributed by atoms with Gasteiger partial charge in [-0.1, -0.05) is 6.42 Å². The van der Waals surface area contributed by atoms with Crippen molar-refractivity contribution in [1.29, 1.82) is 0 Å². The molecule has 1 aromatic rings. The van der Waals surface area contributed by atoms with Crippen LogP contribution in [0.5, 0.6) is 0 Å². The van der Waals surface area contributed by atoms with Crippen LogP contribution in [0.1, 0.15) is 61.8 Å². The number of hydrogen-bond acceptors (Lipinski definition) is 4. The summed E-state index contributed by atoms with van der Waals surface area (Å²) in [5.41, 5.74) is 1.73. The molecule has 1 heterocycles. The molecule has 20 heavy (non-hydrogen) atoms. The summed E-state index contributed by atoms with van der Waals surface area (Å²) in [4.78, 5) is 16.6. The number of ether oxygens (including phenoxy) is 1. The summed E-state index contributed by atoms with van der Waals surface area (Å²) >= 11 is 0. The van der Waals surface area contributed by atoms with E-state index in [4.69, 9.17) is 9.84 Å². The van der Waals surface area contributed by atoms with Crippen LogP contribution >= 0.6 is 0 Å². The summed E-state index contributed by atoms with van der Waals surface area (Å²) in [6.07, 6.45) is 3.36. The molecule has 0 bridgehead atoms. The molecule has 112 valence electrons. The van der Waals surface area contributed by atoms with Crippen molar-refractivity contribution in [2.45, 2.75) is 59.0 Å². The maximum absolute atomic E-state index is 12.2. The second-order valence-electron chi connectivity index (χ2n) is 5.98. The fraction of sp³-hybridized carbons (Fsp3) is 0.625. The van der Waals surface area contributed by atoms with Gasteiger partial charge in [0.25, 0.3) is 0 Å². The lowest BCUT2D eigenvalue weighted by atomic mass is 10.1. The molecule has 1 aromatic heterocycles. The van der Waals surface area contributed by atoms with E-state index in [0.717, 1.165) is 37.1 Å². The molecule has 0 saturated heterocycles. The minimum atomic E-state index is -0.504. The number of aromatic nitrogens is 1. The summed E-state index contributed by atoms with van der Waals surface area (Å²) < 4.78 is 5.41. The fourth-order valence-corrected chi connectivity index (χ4v) is 1.90. The quantitative estimate of drug-likeness (QED) is 0.642. The molecule has 1 N–H and O–H groups in total. The first-order valence-corrected chi connectivity index (χ1v) is 7.14. The second-order valence-corrected chi connectivity index (χ2v) is 5.98. The number of nitrogens with zero attached hydrogens (tertiary/aromatic N) is 1. The molecule has 0 unspecified atom stereocenters. The number of aliphatic hydroxyl groups excluding tert-OH is 1. The SMILES string of the molecule is Cc1ccc(C(=O)OC(C)(C)C)c(CCCCCO)n1. The lowest BCUT2D eigenvalue weighted by molar-refractivity contribution is 0.00677. The average molecular weight is 279 g/mol. The molecule has 1 rings (SSSR count). The molecular formula is C16H25NO3. The highest BCUT2D eigenvalue weighted by Gasteiger charge is 2.20. The number of aliphatic hydroxyl groups is 1. The Morgan fingerprint density at radius 1 is 1.25 bits per heavy atom. The number of rotatable bonds is 6. The van der Waals surface area contributed by atoms with Gasteiger partial charge in [-0.05, 0) is 59.1 Å². The van der Waals surface area contributed by atoms with Gasteiger partial charge in [0.15, 0.2) is 0 Å². The van der Waals surface area contributed by atoms with E-state index in [-0.39, 0.29) is 12.6 Å². The van der Waals surface area contributed by atoms with Crippen molar-refractivity contribution in [3.8, 4) is 0 Å². The number of hydrogen-bond donors (Lipinski definition) is 1. The first-order chi connectivity index (χ1) is 9.33. The van der Waals surface area contributed by atoms with Gasteiger partial charge in [-0.15, -0.1) is 0 Å². The second kappa shape index (κ2) is 7.39. The van der Waals surface area contributed by atoms with Crippen molar-refractivity contribution >= 4 is 5.97 Å². The molecule has 0 aliphatic rings. The van der Waals surface area contributed by atoms with Crippen molar-refractivity contribution in [3.05, 3.63) is 29.1 Å². The highest BCUT2D eigenvalue weighted by Crippen LogP contribution is 2.17. The zero-order valence-corrected chi connectivity index (χ0v) is 12.9. The standard InChI is InChI=1S/C16H25NO3/c1-12-9-10-13(15(19)20-16(2,3)4)14(17-12)8-6-5-7-11-18/h9-10,18H,5-8,11H2,1-4H3. The van der Waals surface area contributed by atoms with Crippen LogP contribution in [-0.4, -0.2) is 28.3 Å². The molecule has 0 aliphatic carbocycles. The van der Waals surface area contributed by atoms with Gasteiger partial charge in [-0.3, -0.25) is 4.98 Å². The van der Waals surface area contributed by atoms with Crippen LogP contribution < -0.4 is 0 Å².